The van der Waals surface area contributed by atoms with Gasteiger partial charge in [-0.05, 0) is 54.1 Å². The van der Waals surface area contributed by atoms with Gasteiger partial charge in [0.25, 0.3) is 17.3 Å². The normalized spacial score (nSPS) is 10.5. The summed E-state index contributed by atoms with van der Waals surface area (Å²) in [6, 6.07) is 18.5. The van der Waals surface area contributed by atoms with Crippen LogP contribution in [0.2, 0.25) is 0 Å². The number of hydrogen-bond acceptors (Lipinski definition) is 8. The smallest absolute Gasteiger partial charge is 0.269 e. The maximum atomic E-state index is 12.7. The van der Waals surface area contributed by atoms with E-state index in [4.69, 9.17) is 4.74 Å². The summed E-state index contributed by atoms with van der Waals surface area (Å²) in [5.74, 6) is 0.206. The molecule has 0 fully saturated rings. The van der Waals surface area contributed by atoms with Crippen LogP contribution in [0.25, 0.3) is 21.7 Å². The summed E-state index contributed by atoms with van der Waals surface area (Å²) < 4.78 is 5.21. The number of nitrogens with zero attached hydrogens (tertiary/aromatic N) is 3. The minimum Gasteiger partial charge on any atom is -0.497 e. The van der Waals surface area contributed by atoms with Gasteiger partial charge in [0.2, 0.25) is 0 Å². The molecule has 0 spiro atoms. The Bertz CT molecular complexity index is 1370. The summed E-state index contributed by atoms with van der Waals surface area (Å²) in [6.07, 6.45) is 0. The molecule has 4 rings (SSSR count). The van der Waals surface area contributed by atoms with Gasteiger partial charge in [-0.3, -0.25) is 30.3 Å². The van der Waals surface area contributed by atoms with Crippen LogP contribution >= 0.6 is 11.3 Å². The Morgan fingerprint density at radius 3 is 1.91 bits per heavy atom. The summed E-state index contributed by atoms with van der Waals surface area (Å²) in [5, 5.41) is 24.9. The van der Waals surface area contributed by atoms with Crippen molar-refractivity contribution >= 4 is 33.8 Å². The molecule has 1 N–H and O–H groups in total. The van der Waals surface area contributed by atoms with Crippen molar-refractivity contribution in [1.29, 1.82) is 0 Å². The Labute approximate surface area is 196 Å². The van der Waals surface area contributed by atoms with Crippen molar-refractivity contribution in [2.24, 2.45) is 0 Å². The minimum absolute atomic E-state index is 0.0447. The van der Waals surface area contributed by atoms with Crippen LogP contribution in [0, 0.1) is 20.2 Å². The SMILES string of the molecule is COc1ccc(-c2sc(NC(=O)c3ccc([N+](=O)[O-])cc3)nc2-c2ccc([N+](=O)[O-])cc2)cc1. The highest BCUT2D eigenvalue weighted by Crippen LogP contribution is 2.40. The van der Waals surface area contributed by atoms with Crippen LogP contribution in [0.15, 0.2) is 72.8 Å². The zero-order valence-corrected chi connectivity index (χ0v) is 18.4. The van der Waals surface area contributed by atoms with Gasteiger partial charge >= 0.3 is 0 Å². The molecule has 0 saturated heterocycles. The average Bonchev–Trinajstić information content (AvgIpc) is 3.27. The number of ether oxygens (including phenoxy) is 1. The molecule has 0 aliphatic carbocycles. The van der Waals surface area contributed by atoms with E-state index in [2.05, 4.69) is 10.3 Å². The first-order valence-corrected chi connectivity index (χ1v) is 10.6. The largest absolute Gasteiger partial charge is 0.497 e. The first-order chi connectivity index (χ1) is 16.4. The molecule has 0 bridgehead atoms. The number of rotatable bonds is 7. The first-order valence-electron chi connectivity index (χ1n) is 9.81. The first kappa shape index (κ1) is 22.6. The third-order valence-electron chi connectivity index (χ3n) is 4.89. The highest BCUT2D eigenvalue weighted by molar-refractivity contribution is 7.19. The molecular formula is C23H16N4O6S. The highest BCUT2D eigenvalue weighted by atomic mass is 32.1. The minimum atomic E-state index is -0.542. The topological polar surface area (TPSA) is 138 Å². The number of non-ortho nitro benzene ring substituents is 2. The van der Waals surface area contributed by atoms with E-state index in [9.17, 15) is 25.0 Å². The second kappa shape index (κ2) is 9.46. The number of thiazole rings is 1. The van der Waals surface area contributed by atoms with E-state index >= 15 is 0 Å². The number of nitrogens with one attached hydrogen (secondary N) is 1. The molecule has 0 saturated carbocycles. The Morgan fingerprint density at radius 2 is 1.38 bits per heavy atom. The lowest BCUT2D eigenvalue weighted by Crippen LogP contribution is -2.11. The van der Waals surface area contributed by atoms with E-state index in [1.165, 1.54) is 47.7 Å². The predicted molar refractivity (Wildman–Crippen MR) is 127 cm³/mol. The van der Waals surface area contributed by atoms with E-state index < -0.39 is 15.8 Å². The number of carbonyl (C=O) groups is 1. The Morgan fingerprint density at radius 1 is 0.853 bits per heavy atom. The van der Waals surface area contributed by atoms with Crippen LogP contribution in [0.4, 0.5) is 16.5 Å². The van der Waals surface area contributed by atoms with Crippen molar-refractivity contribution in [3.8, 4) is 27.4 Å². The molecule has 11 heteroatoms. The molecule has 1 amide bonds. The quantitative estimate of drug-likeness (QED) is 0.272. The average molecular weight is 476 g/mol. The fourth-order valence-electron chi connectivity index (χ4n) is 3.15. The van der Waals surface area contributed by atoms with Crippen molar-refractivity contribution < 1.29 is 19.4 Å². The molecule has 4 aromatic rings. The zero-order valence-electron chi connectivity index (χ0n) is 17.6. The Kier molecular flexibility index (Phi) is 6.28. The maximum absolute atomic E-state index is 12.7. The number of methoxy groups -OCH3 is 1. The van der Waals surface area contributed by atoms with Crippen molar-refractivity contribution in [1.82, 2.24) is 4.98 Å². The van der Waals surface area contributed by atoms with Gasteiger partial charge in [-0.25, -0.2) is 4.98 Å². The van der Waals surface area contributed by atoms with Gasteiger partial charge in [0.15, 0.2) is 5.13 Å². The van der Waals surface area contributed by atoms with Crippen molar-refractivity contribution in [3.63, 3.8) is 0 Å². The standard InChI is InChI=1S/C23H16N4O6S/c1-33-19-12-6-15(7-13-19)21-20(14-2-8-17(9-3-14)26(29)30)24-23(34-21)25-22(28)16-4-10-18(11-5-16)27(31)32/h2-13H,1H3,(H,24,25,28). The zero-order chi connectivity index (χ0) is 24.2. The number of nitro groups is 2. The van der Waals surface area contributed by atoms with Crippen molar-refractivity contribution in [3.05, 3.63) is 98.6 Å². The van der Waals surface area contributed by atoms with Crippen LogP contribution in [-0.2, 0) is 0 Å². The fraction of sp³-hybridized carbons (Fsp3) is 0.0435. The van der Waals surface area contributed by atoms with E-state index in [1.54, 1.807) is 31.4 Å². The molecule has 1 heterocycles. The molecule has 34 heavy (non-hydrogen) atoms. The van der Waals surface area contributed by atoms with Gasteiger partial charge in [-0.15, -0.1) is 0 Å². The molecule has 0 unspecified atom stereocenters. The molecular weight excluding hydrogens is 460 g/mol. The van der Waals surface area contributed by atoms with Crippen molar-refractivity contribution in [2.45, 2.75) is 0 Å². The van der Waals surface area contributed by atoms with Crippen LogP contribution in [-0.4, -0.2) is 27.8 Å². The van der Waals surface area contributed by atoms with Crippen molar-refractivity contribution in [2.75, 3.05) is 12.4 Å². The molecule has 0 atom stereocenters. The monoisotopic (exact) mass is 476 g/mol. The molecule has 1 aromatic heterocycles. The number of aromatic nitrogens is 1. The van der Waals surface area contributed by atoms with Crippen LogP contribution in [0.5, 0.6) is 5.75 Å². The van der Waals surface area contributed by atoms with E-state index in [1.807, 2.05) is 12.1 Å². The Hall–Kier alpha value is -4.64. The second-order valence-electron chi connectivity index (χ2n) is 6.99. The third kappa shape index (κ3) is 4.74. The number of benzene rings is 3. The molecule has 170 valence electrons. The Balaban J connectivity index is 1.69. The summed E-state index contributed by atoms with van der Waals surface area (Å²) in [6.45, 7) is 0. The number of nitro benzene ring substituents is 2. The molecule has 0 aliphatic rings. The fourth-order valence-corrected chi connectivity index (χ4v) is 4.14. The highest BCUT2D eigenvalue weighted by Gasteiger charge is 2.18. The maximum Gasteiger partial charge on any atom is 0.269 e. The van der Waals surface area contributed by atoms with Gasteiger partial charge in [0.05, 0.1) is 27.5 Å². The van der Waals surface area contributed by atoms with E-state index in [0.717, 1.165) is 10.4 Å². The number of hydrogen-bond donors (Lipinski definition) is 1. The molecule has 0 aliphatic heterocycles. The van der Waals surface area contributed by atoms with Crippen LogP contribution in [0.1, 0.15) is 10.4 Å². The lowest BCUT2D eigenvalue weighted by molar-refractivity contribution is -0.385. The van der Waals surface area contributed by atoms with Gasteiger partial charge in [0.1, 0.15) is 5.75 Å². The van der Waals surface area contributed by atoms with Gasteiger partial charge < -0.3 is 4.74 Å². The van der Waals surface area contributed by atoms with Gasteiger partial charge in [-0.2, -0.15) is 0 Å². The summed E-state index contributed by atoms with van der Waals surface area (Å²) >= 11 is 1.24. The predicted octanol–water partition coefficient (Wildman–Crippen LogP) is 5.55. The second-order valence-corrected chi connectivity index (χ2v) is 7.99. The van der Waals surface area contributed by atoms with Crippen LogP contribution < -0.4 is 10.1 Å². The van der Waals surface area contributed by atoms with Gasteiger partial charge in [0, 0.05) is 35.4 Å². The molecule has 0 radical (unpaired) electrons. The van der Waals surface area contributed by atoms with Gasteiger partial charge in [-0.1, -0.05) is 11.3 Å². The number of anilines is 1. The van der Waals surface area contributed by atoms with E-state index in [-0.39, 0.29) is 16.9 Å². The summed E-state index contributed by atoms with van der Waals surface area (Å²) in [7, 11) is 1.57. The number of amides is 1. The van der Waals surface area contributed by atoms with Crippen LogP contribution in [0.3, 0.4) is 0 Å². The number of carbonyl (C=O) groups excluding carboxylic acids is 1. The third-order valence-corrected chi connectivity index (χ3v) is 5.91. The molecule has 10 nitrogen and oxygen atoms in total. The lowest BCUT2D eigenvalue weighted by Gasteiger charge is -2.04. The summed E-state index contributed by atoms with van der Waals surface area (Å²) in [5.41, 5.74) is 2.09. The van der Waals surface area contributed by atoms with E-state index in [0.29, 0.717) is 22.1 Å². The molecule has 3 aromatic carbocycles. The summed E-state index contributed by atoms with van der Waals surface area (Å²) in [4.78, 5) is 38.8. The lowest BCUT2D eigenvalue weighted by atomic mass is 10.1.